The Morgan fingerprint density at radius 2 is 2.04 bits per heavy atom. The van der Waals surface area contributed by atoms with Gasteiger partial charge in [-0.3, -0.25) is 0 Å². The zero-order chi connectivity index (χ0) is 18.1. The summed E-state index contributed by atoms with van der Waals surface area (Å²) in [6.45, 7) is 2.28. The van der Waals surface area contributed by atoms with Gasteiger partial charge in [0.2, 0.25) is 0 Å². The highest BCUT2D eigenvalue weighted by molar-refractivity contribution is 9.10. The van der Waals surface area contributed by atoms with E-state index in [0.717, 1.165) is 23.1 Å². The van der Waals surface area contributed by atoms with E-state index < -0.39 is 0 Å². The largest absolute Gasteiger partial charge is 0.497 e. The topological polar surface area (TPSA) is 37.0 Å². The number of aromatic amines is 1. The maximum atomic E-state index is 5.25. The van der Waals surface area contributed by atoms with Crippen LogP contribution in [0.25, 0.3) is 10.9 Å². The third-order valence-electron chi connectivity index (χ3n) is 5.36. The molecule has 1 aliphatic carbocycles. The summed E-state index contributed by atoms with van der Waals surface area (Å²) < 4.78 is 6.40. The van der Waals surface area contributed by atoms with Crippen molar-refractivity contribution in [2.45, 2.75) is 44.7 Å². The number of rotatable bonds is 5. The van der Waals surface area contributed by atoms with Gasteiger partial charge in [0.05, 0.1) is 7.11 Å². The van der Waals surface area contributed by atoms with Crippen molar-refractivity contribution < 1.29 is 4.74 Å². The van der Waals surface area contributed by atoms with Crippen LogP contribution >= 0.6 is 15.9 Å². The average molecular weight is 413 g/mol. The Balaban J connectivity index is 1.51. The SMILES string of the molecule is COc1ccc(CC(C)NC2CCCc3c2[nH]c2ccc(Br)cc32)cc1. The zero-order valence-electron chi connectivity index (χ0n) is 15.3. The lowest BCUT2D eigenvalue weighted by molar-refractivity contribution is 0.401. The second-order valence-corrected chi connectivity index (χ2v) is 8.19. The fourth-order valence-electron chi connectivity index (χ4n) is 4.12. The van der Waals surface area contributed by atoms with Crippen LogP contribution in [-0.4, -0.2) is 18.1 Å². The molecule has 0 saturated heterocycles. The van der Waals surface area contributed by atoms with Crippen LogP contribution in [0.1, 0.15) is 42.6 Å². The molecular formula is C22H25BrN2O. The molecule has 4 heteroatoms. The molecule has 1 heterocycles. The Morgan fingerprint density at radius 1 is 1.23 bits per heavy atom. The van der Waals surface area contributed by atoms with E-state index in [1.54, 1.807) is 7.11 Å². The van der Waals surface area contributed by atoms with Crippen molar-refractivity contribution in [3.05, 3.63) is 63.8 Å². The summed E-state index contributed by atoms with van der Waals surface area (Å²) >= 11 is 3.61. The predicted molar refractivity (Wildman–Crippen MR) is 111 cm³/mol. The number of methoxy groups -OCH3 is 1. The van der Waals surface area contributed by atoms with E-state index in [9.17, 15) is 0 Å². The van der Waals surface area contributed by atoms with Crippen LogP contribution in [0.15, 0.2) is 46.9 Å². The van der Waals surface area contributed by atoms with Crippen molar-refractivity contribution in [2.24, 2.45) is 0 Å². The number of halogens is 1. The number of ether oxygens (including phenoxy) is 1. The first-order chi connectivity index (χ1) is 12.6. The molecule has 2 unspecified atom stereocenters. The van der Waals surface area contributed by atoms with Gasteiger partial charge in [0.1, 0.15) is 5.75 Å². The summed E-state index contributed by atoms with van der Waals surface area (Å²) in [6, 6.07) is 15.7. The maximum Gasteiger partial charge on any atom is 0.118 e. The van der Waals surface area contributed by atoms with Crippen LogP contribution < -0.4 is 10.1 Å². The summed E-state index contributed by atoms with van der Waals surface area (Å²) in [4.78, 5) is 3.68. The summed E-state index contributed by atoms with van der Waals surface area (Å²) in [5.74, 6) is 0.913. The van der Waals surface area contributed by atoms with Crippen LogP contribution in [0.2, 0.25) is 0 Å². The normalized spacial score (nSPS) is 17.9. The van der Waals surface area contributed by atoms with E-state index in [0.29, 0.717) is 12.1 Å². The highest BCUT2D eigenvalue weighted by atomic mass is 79.9. The van der Waals surface area contributed by atoms with Crippen LogP contribution in [-0.2, 0) is 12.8 Å². The molecule has 2 atom stereocenters. The molecule has 3 nitrogen and oxygen atoms in total. The van der Waals surface area contributed by atoms with Crippen molar-refractivity contribution >= 4 is 26.8 Å². The van der Waals surface area contributed by atoms with Gasteiger partial charge in [0.25, 0.3) is 0 Å². The van der Waals surface area contributed by atoms with Crippen LogP contribution in [0, 0.1) is 0 Å². The first kappa shape index (κ1) is 17.6. The fourth-order valence-corrected chi connectivity index (χ4v) is 4.48. The number of hydrogen-bond acceptors (Lipinski definition) is 2. The molecular weight excluding hydrogens is 388 g/mol. The van der Waals surface area contributed by atoms with Crippen LogP contribution in [0.4, 0.5) is 0 Å². The predicted octanol–water partition coefficient (Wildman–Crippen LogP) is 5.54. The minimum atomic E-state index is 0.401. The second-order valence-electron chi connectivity index (χ2n) is 7.27. The van der Waals surface area contributed by atoms with Gasteiger partial charge in [-0.1, -0.05) is 28.1 Å². The Labute approximate surface area is 163 Å². The Kier molecular flexibility index (Phi) is 5.05. The number of fused-ring (bicyclic) bond motifs is 3. The Bertz CT molecular complexity index is 900. The lowest BCUT2D eigenvalue weighted by Crippen LogP contribution is -2.34. The zero-order valence-corrected chi connectivity index (χ0v) is 16.9. The number of hydrogen-bond donors (Lipinski definition) is 2. The lowest BCUT2D eigenvalue weighted by atomic mass is 9.91. The fraction of sp³-hybridized carbons (Fsp3) is 0.364. The summed E-state index contributed by atoms with van der Waals surface area (Å²) in [7, 11) is 1.71. The highest BCUT2D eigenvalue weighted by Crippen LogP contribution is 2.36. The average Bonchev–Trinajstić information content (AvgIpc) is 3.01. The molecule has 2 N–H and O–H groups in total. The van der Waals surface area contributed by atoms with Gasteiger partial charge in [0.15, 0.2) is 0 Å². The number of aromatic nitrogens is 1. The summed E-state index contributed by atoms with van der Waals surface area (Å²) in [6.07, 6.45) is 4.60. The second kappa shape index (κ2) is 7.45. The van der Waals surface area contributed by atoms with Crippen molar-refractivity contribution in [2.75, 3.05) is 7.11 Å². The third-order valence-corrected chi connectivity index (χ3v) is 5.85. The molecule has 0 aliphatic heterocycles. The first-order valence-corrected chi connectivity index (χ1v) is 10.1. The van der Waals surface area contributed by atoms with Gasteiger partial charge >= 0.3 is 0 Å². The van der Waals surface area contributed by atoms with E-state index in [2.05, 4.69) is 63.5 Å². The van der Waals surface area contributed by atoms with E-state index in [1.165, 1.54) is 40.6 Å². The van der Waals surface area contributed by atoms with Gasteiger partial charge in [-0.25, -0.2) is 0 Å². The van der Waals surface area contributed by atoms with E-state index in [-0.39, 0.29) is 0 Å². The number of aryl methyl sites for hydroxylation is 1. The van der Waals surface area contributed by atoms with Crippen LogP contribution in [0.3, 0.4) is 0 Å². The molecule has 1 aliphatic rings. The van der Waals surface area contributed by atoms with E-state index in [4.69, 9.17) is 4.74 Å². The smallest absolute Gasteiger partial charge is 0.118 e. The Hall–Kier alpha value is -1.78. The molecule has 0 saturated carbocycles. The van der Waals surface area contributed by atoms with Crippen LogP contribution in [0.5, 0.6) is 5.75 Å². The monoisotopic (exact) mass is 412 g/mol. The minimum Gasteiger partial charge on any atom is -0.497 e. The quantitative estimate of drug-likeness (QED) is 0.577. The standard InChI is InChI=1S/C22H25BrN2O/c1-14(12-15-6-9-17(26-2)10-7-15)24-21-5-3-4-18-19-13-16(23)8-11-20(19)25-22(18)21/h6-11,13-14,21,24-25H,3-5,12H2,1-2H3. The molecule has 26 heavy (non-hydrogen) atoms. The molecule has 0 fully saturated rings. The number of nitrogens with one attached hydrogen (secondary N) is 2. The molecule has 0 radical (unpaired) electrons. The maximum absolute atomic E-state index is 5.25. The van der Waals surface area contributed by atoms with Gasteiger partial charge in [0, 0.05) is 33.2 Å². The van der Waals surface area contributed by atoms with Gasteiger partial charge in [-0.05, 0) is 74.1 Å². The van der Waals surface area contributed by atoms with Gasteiger partial charge in [-0.15, -0.1) is 0 Å². The lowest BCUT2D eigenvalue weighted by Gasteiger charge is -2.27. The molecule has 0 bridgehead atoms. The summed E-state index contributed by atoms with van der Waals surface area (Å²) in [5.41, 5.74) is 5.45. The molecule has 0 amide bonds. The van der Waals surface area contributed by atoms with Crippen molar-refractivity contribution in [3.63, 3.8) is 0 Å². The molecule has 3 aromatic rings. The molecule has 0 spiro atoms. The first-order valence-electron chi connectivity index (χ1n) is 9.33. The van der Waals surface area contributed by atoms with Crippen molar-refractivity contribution in [3.8, 4) is 5.75 Å². The minimum absolute atomic E-state index is 0.401. The van der Waals surface area contributed by atoms with Gasteiger partial charge in [-0.2, -0.15) is 0 Å². The summed E-state index contributed by atoms with van der Waals surface area (Å²) in [5, 5.41) is 5.22. The molecule has 4 rings (SSSR count). The van der Waals surface area contributed by atoms with E-state index in [1.807, 2.05) is 12.1 Å². The number of benzene rings is 2. The molecule has 1 aromatic heterocycles. The molecule has 136 valence electrons. The van der Waals surface area contributed by atoms with Crippen molar-refractivity contribution in [1.82, 2.24) is 10.3 Å². The molecule has 2 aromatic carbocycles. The van der Waals surface area contributed by atoms with Gasteiger partial charge < -0.3 is 15.0 Å². The Morgan fingerprint density at radius 3 is 2.81 bits per heavy atom. The third kappa shape index (κ3) is 3.53. The number of H-pyrrole nitrogens is 1. The van der Waals surface area contributed by atoms with E-state index >= 15 is 0 Å². The highest BCUT2D eigenvalue weighted by Gasteiger charge is 2.25. The van der Waals surface area contributed by atoms with Crippen molar-refractivity contribution in [1.29, 1.82) is 0 Å².